The van der Waals surface area contributed by atoms with Crippen LogP contribution in [0.2, 0.25) is 0 Å². The number of hydrogen-bond acceptors (Lipinski definition) is 3. The van der Waals surface area contributed by atoms with Crippen LogP contribution >= 0.6 is 11.3 Å². The van der Waals surface area contributed by atoms with Crippen molar-refractivity contribution in [3.8, 4) is 22.9 Å². The second-order valence-corrected chi connectivity index (χ2v) is 13.6. The highest BCUT2D eigenvalue weighted by Gasteiger charge is 2.23. The summed E-state index contributed by atoms with van der Waals surface area (Å²) >= 11 is 1.73. The molecule has 49 heavy (non-hydrogen) atoms. The van der Waals surface area contributed by atoms with E-state index in [2.05, 4.69) is 167 Å². The monoisotopic (exact) mass is 642 g/mol. The highest BCUT2D eigenvalue weighted by Crippen LogP contribution is 2.44. The second kappa shape index (κ2) is 10.1. The first-order valence-electron chi connectivity index (χ1n) is 16.5. The average Bonchev–Trinajstić information content (AvgIpc) is 3.82. The lowest BCUT2D eigenvalue weighted by molar-refractivity contribution is 1.02. The van der Waals surface area contributed by atoms with Gasteiger partial charge in [-0.05, 0) is 53.2 Å². The lowest BCUT2D eigenvalue weighted by Crippen LogP contribution is -2.02. The van der Waals surface area contributed by atoms with Gasteiger partial charge in [-0.25, -0.2) is 9.97 Å². The minimum absolute atomic E-state index is 0.682. The second-order valence-electron chi connectivity index (χ2n) is 12.6. The van der Waals surface area contributed by atoms with Gasteiger partial charge in [-0.15, -0.1) is 11.3 Å². The molecule has 0 fully saturated rings. The summed E-state index contributed by atoms with van der Waals surface area (Å²) in [7, 11) is 0. The molecule has 0 radical (unpaired) electrons. The Kier molecular flexibility index (Phi) is 5.51. The first-order chi connectivity index (χ1) is 24.3. The molecule has 0 unspecified atom stereocenters. The van der Waals surface area contributed by atoms with Crippen molar-refractivity contribution in [1.29, 1.82) is 0 Å². The average molecular weight is 643 g/mol. The van der Waals surface area contributed by atoms with E-state index in [-0.39, 0.29) is 0 Å². The highest BCUT2D eigenvalue weighted by molar-refractivity contribution is 7.25. The van der Waals surface area contributed by atoms with Crippen molar-refractivity contribution in [2.45, 2.75) is 0 Å². The first kappa shape index (κ1) is 26.7. The Morgan fingerprint density at radius 2 is 1.04 bits per heavy atom. The molecule has 0 aliphatic rings. The van der Waals surface area contributed by atoms with E-state index in [1.165, 1.54) is 53.4 Å². The van der Waals surface area contributed by atoms with Crippen LogP contribution in [0.25, 0.3) is 97.6 Å². The normalized spacial score (nSPS) is 12.1. The van der Waals surface area contributed by atoms with Crippen LogP contribution in [0.5, 0.6) is 0 Å². The van der Waals surface area contributed by atoms with E-state index in [0.29, 0.717) is 5.95 Å². The van der Waals surface area contributed by atoms with E-state index in [4.69, 9.17) is 9.97 Å². The SMILES string of the molecule is c1ccc(-c2nc(-n3c4ccccc4c4c5c6ccccc6n(-c6ccc7ccccc7c6)c5ccc43)nc3sc4ccccc4c23)cc1. The molecule has 228 valence electrons. The van der Waals surface area contributed by atoms with E-state index in [0.717, 1.165) is 38.2 Å². The largest absolute Gasteiger partial charge is 0.309 e. The Morgan fingerprint density at radius 1 is 0.429 bits per heavy atom. The summed E-state index contributed by atoms with van der Waals surface area (Å²) in [4.78, 5) is 11.7. The van der Waals surface area contributed by atoms with Crippen LogP contribution in [-0.2, 0) is 0 Å². The molecule has 0 saturated carbocycles. The van der Waals surface area contributed by atoms with Crippen LogP contribution in [0.4, 0.5) is 0 Å². The van der Waals surface area contributed by atoms with Gasteiger partial charge in [-0.1, -0.05) is 115 Å². The topological polar surface area (TPSA) is 35.6 Å². The van der Waals surface area contributed by atoms with Crippen LogP contribution in [0.15, 0.2) is 158 Å². The smallest absolute Gasteiger partial charge is 0.236 e. The number of rotatable bonds is 3. The molecule has 0 amide bonds. The Labute approximate surface area is 284 Å². The molecule has 5 heteroatoms. The van der Waals surface area contributed by atoms with E-state index >= 15 is 0 Å². The van der Waals surface area contributed by atoms with Crippen LogP contribution in [0.1, 0.15) is 0 Å². The fourth-order valence-electron chi connectivity index (χ4n) is 7.84. The van der Waals surface area contributed by atoms with Crippen LogP contribution in [-0.4, -0.2) is 19.1 Å². The molecule has 4 aromatic heterocycles. The van der Waals surface area contributed by atoms with Gasteiger partial charge in [-0.2, -0.15) is 0 Å². The van der Waals surface area contributed by atoms with E-state index in [9.17, 15) is 0 Å². The number of nitrogens with zero attached hydrogens (tertiary/aromatic N) is 4. The predicted octanol–water partition coefficient (Wildman–Crippen LogP) is 11.9. The number of hydrogen-bond donors (Lipinski definition) is 0. The van der Waals surface area contributed by atoms with Gasteiger partial charge in [0.2, 0.25) is 5.95 Å². The third-order valence-electron chi connectivity index (χ3n) is 9.94. The van der Waals surface area contributed by atoms with Gasteiger partial charge in [-0.3, -0.25) is 4.57 Å². The maximum atomic E-state index is 5.41. The Balaban J connectivity index is 1.26. The Morgan fingerprint density at radius 3 is 1.82 bits per heavy atom. The van der Waals surface area contributed by atoms with E-state index in [1.54, 1.807) is 11.3 Å². The number of thiophene rings is 1. The third-order valence-corrected chi connectivity index (χ3v) is 11.0. The van der Waals surface area contributed by atoms with E-state index in [1.807, 2.05) is 0 Å². The first-order valence-corrected chi connectivity index (χ1v) is 17.3. The molecule has 0 aliphatic heterocycles. The van der Waals surface area contributed by atoms with Crippen LogP contribution in [0.3, 0.4) is 0 Å². The minimum atomic E-state index is 0.682. The molecule has 0 N–H and O–H groups in total. The van der Waals surface area contributed by atoms with Crippen molar-refractivity contribution < 1.29 is 0 Å². The third kappa shape index (κ3) is 3.79. The van der Waals surface area contributed by atoms with Crippen LogP contribution < -0.4 is 0 Å². The zero-order valence-electron chi connectivity index (χ0n) is 26.2. The maximum Gasteiger partial charge on any atom is 0.236 e. The van der Waals surface area contributed by atoms with Gasteiger partial charge in [0.25, 0.3) is 0 Å². The summed E-state index contributed by atoms with van der Waals surface area (Å²) in [6.45, 7) is 0. The Bertz CT molecular complexity index is 3110. The van der Waals surface area contributed by atoms with Crippen molar-refractivity contribution in [3.05, 3.63) is 158 Å². The van der Waals surface area contributed by atoms with Crippen molar-refractivity contribution in [1.82, 2.24) is 19.1 Å². The minimum Gasteiger partial charge on any atom is -0.309 e. The summed E-state index contributed by atoms with van der Waals surface area (Å²) in [5.41, 5.74) is 7.74. The summed E-state index contributed by atoms with van der Waals surface area (Å²) < 4.78 is 5.89. The molecule has 4 heterocycles. The number of aromatic nitrogens is 4. The number of para-hydroxylation sites is 2. The lowest BCUT2D eigenvalue weighted by atomic mass is 10.1. The van der Waals surface area contributed by atoms with E-state index < -0.39 is 0 Å². The lowest BCUT2D eigenvalue weighted by Gasteiger charge is -2.11. The highest BCUT2D eigenvalue weighted by atomic mass is 32.1. The summed E-state index contributed by atoms with van der Waals surface area (Å²) in [6.07, 6.45) is 0. The van der Waals surface area contributed by atoms with Crippen molar-refractivity contribution in [3.63, 3.8) is 0 Å². The van der Waals surface area contributed by atoms with Gasteiger partial charge in [0.05, 0.1) is 27.8 Å². The molecule has 0 spiro atoms. The summed E-state index contributed by atoms with van der Waals surface area (Å²) in [5, 5.41) is 9.63. The van der Waals surface area contributed by atoms with Crippen molar-refractivity contribution >= 4 is 86.0 Å². The fourth-order valence-corrected chi connectivity index (χ4v) is 8.92. The van der Waals surface area contributed by atoms with Crippen molar-refractivity contribution in [2.24, 2.45) is 0 Å². The van der Waals surface area contributed by atoms with Gasteiger partial charge < -0.3 is 4.57 Å². The molecule has 4 nitrogen and oxygen atoms in total. The summed E-state index contributed by atoms with van der Waals surface area (Å²) in [5.74, 6) is 0.682. The molecular formula is C44H26N4S. The zero-order chi connectivity index (χ0) is 32.1. The number of benzene rings is 7. The molecular weight excluding hydrogens is 617 g/mol. The quantitative estimate of drug-likeness (QED) is 0.192. The maximum absolute atomic E-state index is 5.41. The van der Waals surface area contributed by atoms with Gasteiger partial charge in [0.1, 0.15) is 4.83 Å². The molecule has 11 rings (SSSR count). The van der Waals surface area contributed by atoms with Gasteiger partial charge in [0.15, 0.2) is 0 Å². The number of fused-ring (bicyclic) bond motifs is 11. The molecule has 7 aromatic carbocycles. The zero-order valence-corrected chi connectivity index (χ0v) is 27.0. The molecule has 0 bridgehead atoms. The standard InChI is InChI=1S/C44H26N4S/c1-2-13-28(14-3-1)42-41-33-18-8-11-21-38(33)49-43(41)46-44(45-42)48-35-20-10-7-17-32(35)40-37(48)25-24-36-39(40)31-16-6-9-19-34(31)47(36)30-23-22-27-12-4-5-15-29(27)26-30/h1-26H. The molecule has 0 saturated heterocycles. The van der Waals surface area contributed by atoms with Gasteiger partial charge in [0, 0.05) is 48.3 Å². The van der Waals surface area contributed by atoms with Gasteiger partial charge >= 0.3 is 0 Å². The predicted molar refractivity (Wildman–Crippen MR) is 207 cm³/mol. The molecule has 11 aromatic rings. The van der Waals surface area contributed by atoms with Crippen LogP contribution in [0, 0.1) is 0 Å². The molecule has 0 atom stereocenters. The Hall–Kier alpha value is -6.30. The molecule has 0 aliphatic carbocycles. The van der Waals surface area contributed by atoms with Crippen molar-refractivity contribution in [2.75, 3.05) is 0 Å². The fraction of sp³-hybridized carbons (Fsp3) is 0. The summed E-state index contributed by atoms with van der Waals surface area (Å²) in [6, 6.07) is 56.4.